The normalized spacial score (nSPS) is 10.3. The minimum absolute atomic E-state index is 0.0794. The van der Waals surface area contributed by atoms with Gasteiger partial charge in [-0.3, -0.25) is 4.79 Å². The summed E-state index contributed by atoms with van der Waals surface area (Å²) in [6.07, 6.45) is 0. The maximum atomic E-state index is 12.2. The van der Waals surface area contributed by atoms with Crippen molar-refractivity contribution in [1.82, 2.24) is 0 Å². The van der Waals surface area contributed by atoms with Crippen molar-refractivity contribution in [2.75, 3.05) is 5.32 Å². The second-order valence-electron chi connectivity index (χ2n) is 4.71. The molecule has 2 nitrogen and oxygen atoms in total. The lowest BCUT2D eigenvalue weighted by molar-refractivity contribution is 0.102. The topological polar surface area (TPSA) is 29.1 Å². The van der Waals surface area contributed by atoms with Crippen LogP contribution in [0.2, 0.25) is 0 Å². The maximum Gasteiger partial charge on any atom is 0.255 e. The Morgan fingerprint density at radius 1 is 0.947 bits per heavy atom. The van der Waals surface area contributed by atoms with Gasteiger partial charge in [0.1, 0.15) is 0 Å². The molecular formula is C16H16BrNO. The van der Waals surface area contributed by atoms with Crippen molar-refractivity contribution in [3.8, 4) is 0 Å². The van der Waals surface area contributed by atoms with Crippen LogP contribution in [0.5, 0.6) is 0 Å². The Kier molecular flexibility index (Phi) is 4.05. The summed E-state index contributed by atoms with van der Waals surface area (Å²) in [4.78, 5) is 12.2. The molecular weight excluding hydrogens is 302 g/mol. The highest BCUT2D eigenvalue weighted by Crippen LogP contribution is 2.21. The molecule has 0 bridgehead atoms. The van der Waals surface area contributed by atoms with E-state index >= 15 is 0 Å². The largest absolute Gasteiger partial charge is 0.322 e. The predicted molar refractivity (Wildman–Crippen MR) is 82.7 cm³/mol. The van der Waals surface area contributed by atoms with Gasteiger partial charge in [-0.15, -0.1) is 0 Å². The summed E-state index contributed by atoms with van der Waals surface area (Å²) >= 11 is 3.41. The quantitative estimate of drug-likeness (QED) is 0.859. The first-order valence-corrected chi connectivity index (χ1v) is 6.91. The number of amides is 1. The van der Waals surface area contributed by atoms with Crippen LogP contribution in [-0.4, -0.2) is 5.91 Å². The van der Waals surface area contributed by atoms with E-state index < -0.39 is 0 Å². The Labute approximate surface area is 122 Å². The van der Waals surface area contributed by atoms with Crippen LogP contribution in [0.1, 0.15) is 27.0 Å². The third-order valence-corrected chi connectivity index (χ3v) is 3.71. The number of aryl methyl sites for hydroxylation is 3. The van der Waals surface area contributed by atoms with Crippen molar-refractivity contribution in [2.45, 2.75) is 20.8 Å². The van der Waals surface area contributed by atoms with Gasteiger partial charge in [0.25, 0.3) is 5.91 Å². The van der Waals surface area contributed by atoms with E-state index in [0.717, 1.165) is 21.3 Å². The summed E-state index contributed by atoms with van der Waals surface area (Å²) < 4.78 is 0.952. The zero-order chi connectivity index (χ0) is 14.0. The molecule has 2 aromatic rings. The van der Waals surface area contributed by atoms with Gasteiger partial charge in [-0.2, -0.15) is 0 Å². The highest BCUT2D eigenvalue weighted by Gasteiger charge is 2.08. The van der Waals surface area contributed by atoms with Crippen LogP contribution in [0.3, 0.4) is 0 Å². The lowest BCUT2D eigenvalue weighted by Crippen LogP contribution is -2.13. The molecule has 0 aromatic heterocycles. The fraction of sp³-hybridized carbons (Fsp3) is 0.188. The second-order valence-corrected chi connectivity index (χ2v) is 5.63. The van der Waals surface area contributed by atoms with Crippen LogP contribution in [0.25, 0.3) is 0 Å². The van der Waals surface area contributed by atoms with Crippen LogP contribution < -0.4 is 5.32 Å². The predicted octanol–water partition coefficient (Wildman–Crippen LogP) is 4.63. The molecule has 0 atom stereocenters. The molecule has 0 radical (unpaired) electrons. The first-order chi connectivity index (χ1) is 8.97. The Morgan fingerprint density at radius 2 is 1.63 bits per heavy atom. The SMILES string of the molecule is Cc1ccc(C(=O)Nc2cc(Br)ccc2C)cc1C. The Hall–Kier alpha value is -1.61. The van der Waals surface area contributed by atoms with Gasteiger partial charge >= 0.3 is 0 Å². The summed E-state index contributed by atoms with van der Waals surface area (Å²) in [5.74, 6) is -0.0794. The van der Waals surface area contributed by atoms with Crippen LogP contribution in [0.15, 0.2) is 40.9 Å². The van der Waals surface area contributed by atoms with Crippen molar-refractivity contribution in [3.05, 3.63) is 63.1 Å². The average molecular weight is 318 g/mol. The fourth-order valence-electron chi connectivity index (χ4n) is 1.81. The minimum atomic E-state index is -0.0794. The smallest absolute Gasteiger partial charge is 0.255 e. The minimum Gasteiger partial charge on any atom is -0.322 e. The number of carbonyl (C=O) groups excluding carboxylic acids is 1. The monoisotopic (exact) mass is 317 g/mol. The Balaban J connectivity index is 2.25. The van der Waals surface area contributed by atoms with E-state index in [9.17, 15) is 4.79 Å². The maximum absolute atomic E-state index is 12.2. The van der Waals surface area contributed by atoms with Gasteiger partial charge in [0.05, 0.1) is 0 Å². The summed E-state index contributed by atoms with van der Waals surface area (Å²) in [6.45, 7) is 6.02. The molecule has 0 saturated heterocycles. The fourth-order valence-corrected chi connectivity index (χ4v) is 2.17. The van der Waals surface area contributed by atoms with E-state index in [1.807, 2.05) is 57.2 Å². The van der Waals surface area contributed by atoms with Crippen LogP contribution in [0, 0.1) is 20.8 Å². The summed E-state index contributed by atoms with van der Waals surface area (Å²) in [6, 6.07) is 11.6. The van der Waals surface area contributed by atoms with E-state index in [0.29, 0.717) is 5.56 Å². The molecule has 0 aliphatic heterocycles. The zero-order valence-electron chi connectivity index (χ0n) is 11.3. The van der Waals surface area contributed by atoms with Gasteiger partial charge < -0.3 is 5.32 Å². The molecule has 2 aromatic carbocycles. The highest BCUT2D eigenvalue weighted by atomic mass is 79.9. The number of anilines is 1. The van der Waals surface area contributed by atoms with Gasteiger partial charge in [0, 0.05) is 15.7 Å². The number of halogens is 1. The van der Waals surface area contributed by atoms with E-state index in [-0.39, 0.29) is 5.91 Å². The Morgan fingerprint density at radius 3 is 2.32 bits per heavy atom. The molecule has 3 heteroatoms. The van der Waals surface area contributed by atoms with Crippen LogP contribution >= 0.6 is 15.9 Å². The number of carbonyl (C=O) groups is 1. The molecule has 0 heterocycles. The average Bonchev–Trinajstić information content (AvgIpc) is 2.37. The number of benzene rings is 2. The van der Waals surface area contributed by atoms with Gasteiger partial charge in [-0.1, -0.05) is 28.1 Å². The van der Waals surface area contributed by atoms with E-state index in [1.54, 1.807) is 0 Å². The van der Waals surface area contributed by atoms with E-state index in [1.165, 1.54) is 5.56 Å². The number of hydrogen-bond donors (Lipinski definition) is 1. The first kappa shape index (κ1) is 13.8. The van der Waals surface area contributed by atoms with Crippen molar-refractivity contribution in [1.29, 1.82) is 0 Å². The number of rotatable bonds is 2. The third kappa shape index (κ3) is 3.24. The Bertz CT molecular complexity index is 635. The first-order valence-electron chi connectivity index (χ1n) is 6.12. The molecule has 0 fully saturated rings. The van der Waals surface area contributed by atoms with Gasteiger partial charge in [0.2, 0.25) is 0 Å². The third-order valence-electron chi connectivity index (χ3n) is 3.22. The highest BCUT2D eigenvalue weighted by molar-refractivity contribution is 9.10. The lowest BCUT2D eigenvalue weighted by atomic mass is 10.1. The van der Waals surface area contributed by atoms with Crippen molar-refractivity contribution >= 4 is 27.5 Å². The molecule has 0 aliphatic carbocycles. The van der Waals surface area contributed by atoms with Crippen molar-refractivity contribution in [2.24, 2.45) is 0 Å². The number of hydrogen-bond acceptors (Lipinski definition) is 1. The molecule has 19 heavy (non-hydrogen) atoms. The van der Waals surface area contributed by atoms with Crippen molar-refractivity contribution < 1.29 is 4.79 Å². The van der Waals surface area contributed by atoms with Crippen molar-refractivity contribution in [3.63, 3.8) is 0 Å². The lowest BCUT2D eigenvalue weighted by Gasteiger charge is -2.10. The van der Waals surface area contributed by atoms with Gasteiger partial charge in [-0.05, 0) is 61.7 Å². The second kappa shape index (κ2) is 5.57. The van der Waals surface area contributed by atoms with Crippen LogP contribution in [-0.2, 0) is 0 Å². The molecule has 0 unspecified atom stereocenters. The van der Waals surface area contributed by atoms with E-state index in [2.05, 4.69) is 21.2 Å². The van der Waals surface area contributed by atoms with Crippen LogP contribution in [0.4, 0.5) is 5.69 Å². The summed E-state index contributed by atoms with van der Waals surface area (Å²) in [5.41, 5.74) is 4.87. The molecule has 0 saturated carbocycles. The molecule has 1 N–H and O–H groups in total. The zero-order valence-corrected chi connectivity index (χ0v) is 12.8. The molecule has 1 amide bonds. The number of nitrogens with one attached hydrogen (secondary N) is 1. The summed E-state index contributed by atoms with van der Waals surface area (Å²) in [7, 11) is 0. The van der Waals surface area contributed by atoms with Gasteiger partial charge in [-0.25, -0.2) is 0 Å². The van der Waals surface area contributed by atoms with Gasteiger partial charge in [0.15, 0.2) is 0 Å². The molecule has 0 spiro atoms. The molecule has 2 rings (SSSR count). The van der Waals surface area contributed by atoms with E-state index in [4.69, 9.17) is 0 Å². The molecule has 0 aliphatic rings. The summed E-state index contributed by atoms with van der Waals surface area (Å²) in [5, 5.41) is 2.95. The molecule has 98 valence electrons. The standard InChI is InChI=1S/C16H16BrNO/c1-10-4-6-13(8-12(10)3)16(19)18-15-9-14(17)7-5-11(15)2/h4-9H,1-3H3,(H,18,19).